The van der Waals surface area contributed by atoms with E-state index in [9.17, 15) is 9.59 Å². The van der Waals surface area contributed by atoms with Gasteiger partial charge in [-0.2, -0.15) is 0 Å². The second kappa shape index (κ2) is 8.09. The largest absolute Gasteiger partial charge is 0.340 e. The SMILES string of the molecule is CC(=O)Nc1ccc(NC(=O)c2cc(Nc3ccccc3C)ncn2)cc1. The molecule has 2 aromatic carbocycles. The Balaban J connectivity index is 1.70. The second-order valence-electron chi connectivity index (χ2n) is 5.94. The van der Waals surface area contributed by atoms with Crippen LogP contribution in [0, 0.1) is 6.92 Å². The fourth-order valence-electron chi connectivity index (χ4n) is 2.44. The molecule has 136 valence electrons. The number of nitrogens with one attached hydrogen (secondary N) is 3. The monoisotopic (exact) mass is 361 g/mol. The van der Waals surface area contributed by atoms with Crippen LogP contribution in [-0.4, -0.2) is 21.8 Å². The fourth-order valence-corrected chi connectivity index (χ4v) is 2.44. The fraction of sp³-hybridized carbons (Fsp3) is 0.100. The first-order valence-electron chi connectivity index (χ1n) is 8.35. The van der Waals surface area contributed by atoms with Crippen LogP contribution in [0.25, 0.3) is 0 Å². The zero-order chi connectivity index (χ0) is 19.2. The molecule has 1 aromatic heterocycles. The van der Waals surface area contributed by atoms with Gasteiger partial charge in [0.25, 0.3) is 5.91 Å². The van der Waals surface area contributed by atoms with Gasteiger partial charge in [-0.15, -0.1) is 0 Å². The summed E-state index contributed by atoms with van der Waals surface area (Å²) in [7, 11) is 0. The number of aryl methyl sites for hydroxylation is 1. The molecule has 0 saturated heterocycles. The van der Waals surface area contributed by atoms with Crippen LogP contribution in [0.5, 0.6) is 0 Å². The number of carbonyl (C=O) groups excluding carboxylic acids is 2. The van der Waals surface area contributed by atoms with Gasteiger partial charge in [-0.05, 0) is 42.8 Å². The molecule has 7 nitrogen and oxygen atoms in total. The first kappa shape index (κ1) is 18.1. The molecule has 0 saturated carbocycles. The quantitative estimate of drug-likeness (QED) is 0.643. The minimum atomic E-state index is -0.350. The van der Waals surface area contributed by atoms with Gasteiger partial charge in [0.2, 0.25) is 5.91 Å². The van der Waals surface area contributed by atoms with Crippen LogP contribution in [0.3, 0.4) is 0 Å². The number of nitrogens with zero attached hydrogens (tertiary/aromatic N) is 2. The smallest absolute Gasteiger partial charge is 0.274 e. The minimum Gasteiger partial charge on any atom is -0.340 e. The van der Waals surface area contributed by atoms with Gasteiger partial charge in [-0.25, -0.2) is 9.97 Å². The summed E-state index contributed by atoms with van der Waals surface area (Å²) in [5.74, 6) is 0.0319. The zero-order valence-corrected chi connectivity index (χ0v) is 15.0. The van der Waals surface area contributed by atoms with Crippen molar-refractivity contribution < 1.29 is 9.59 Å². The van der Waals surface area contributed by atoms with E-state index in [1.54, 1.807) is 30.3 Å². The van der Waals surface area contributed by atoms with Crippen molar-refractivity contribution in [1.82, 2.24) is 9.97 Å². The van der Waals surface area contributed by atoms with Gasteiger partial charge in [0.15, 0.2) is 0 Å². The molecular weight excluding hydrogens is 342 g/mol. The number of benzene rings is 2. The summed E-state index contributed by atoms with van der Waals surface area (Å²) >= 11 is 0. The molecule has 0 aliphatic rings. The summed E-state index contributed by atoms with van der Waals surface area (Å²) in [6, 6.07) is 16.2. The van der Waals surface area contributed by atoms with Crippen LogP contribution in [0.15, 0.2) is 60.9 Å². The van der Waals surface area contributed by atoms with Crippen LogP contribution in [-0.2, 0) is 4.79 Å². The van der Waals surface area contributed by atoms with Crippen molar-refractivity contribution in [3.63, 3.8) is 0 Å². The van der Waals surface area contributed by atoms with Gasteiger partial charge in [0, 0.05) is 30.1 Å². The lowest BCUT2D eigenvalue weighted by Gasteiger charge is -2.10. The second-order valence-corrected chi connectivity index (χ2v) is 5.94. The van der Waals surface area contributed by atoms with E-state index in [2.05, 4.69) is 25.9 Å². The summed E-state index contributed by atoms with van der Waals surface area (Å²) in [5.41, 5.74) is 3.48. The van der Waals surface area contributed by atoms with Crippen molar-refractivity contribution in [2.45, 2.75) is 13.8 Å². The number of hydrogen-bond acceptors (Lipinski definition) is 5. The first-order chi connectivity index (χ1) is 13.0. The number of carbonyl (C=O) groups is 2. The van der Waals surface area contributed by atoms with Crippen LogP contribution in [0.1, 0.15) is 23.0 Å². The first-order valence-corrected chi connectivity index (χ1v) is 8.35. The zero-order valence-electron chi connectivity index (χ0n) is 15.0. The highest BCUT2D eigenvalue weighted by molar-refractivity contribution is 6.03. The number of aromatic nitrogens is 2. The Hall–Kier alpha value is -3.74. The average Bonchev–Trinajstić information content (AvgIpc) is 2.65. The van der Waals surface area contributed by atoms with E-state index in [-0.39, 0.29) is 17.5 Å². The summed E-state index contributed by atoms with van der Waals surface area (Å²) in [5, 5.41) is 8.63. The highest BCUT2D eigenvalue weighted by Crippen LogP contribution is 2.19. The molecule has 0 aliphatic carbocycles. The Labute approximate surface area is 156 Å². The van der Waals surface area contributed by atoms with Gasteiger partial charge in [0.05, 0.1) is 0 Å². The average molecular weight is 361 g/mol. The molecule has 3 N–H and O–H groups in total. The van der Waals surface area contributed by atoms with Crippen LogP contribution >= 0.6 is 0 Å². The maximum absolute atomic E-state index is 12.4. The lowest BCUT2D eigenvalue weighted by atomic mass is 10.2. The van der Waals surface area contributed by atoms with Crippen LogP contribution < -0.4 is 16.0 Å². The third-order valence-electron chi connectivity index (χ3n) is 3.77. The predicted octanol–water partition coefficient (Wildman–Crippen LogP) is 3.74. The van der Waals surface area contributed by atoms with Crippen molar-refractivity contribution in [3.05, 3.63) is 72.2 Å². The maximum atomic E-state index is 12.4. The molecule has 1 heterocycles. The van der Waals surface area contributed by atoms with E-state index >= 15 is 0 Å². The van der Waals surface area contributed by atoms with Gasteiger partial charge in [0.1, 0.15) is 17.8 Å². The Morgan fingerprint density at radius 1 is 0.889 bits per heavy atom. The highest BCUT2D eigenvalue weighted by atomic mass is 16.2. The molecule has 0 spiro atoms. The highest BCUT2D eigenvalue weighted by Gasteiger charge is 2.10. The molecule has 0 aliphatic heterocycles. The molecule has 0 bridgehead atoms. The molecule has 3 aromatic rings. The number of anilines is 4. The van der Waals surface area contributed by atoms with Crippen molar-refractivity contribution >= 4 is 34.7 Å². The van der Waals surface area contributed by atoms with E-state index in [4.69, 9.17) is 0 Å². The van der Waals surface area contributed by atoms with Crippen LogP contribution in [0.4, 0.5) is 22.9 Å². The Bertz CT molecular complexity index is 970. The van der Waals surface area contributed by atoms with E-state index in [1.165, 1.54) is 13.3 Å². The summed E-state index contributed by atoms with van der Waals surface area (Å²) < 4.78 is 0. The molecule has 0 atom stereocenters. The Morgan fingerprint density at radius 3 is 2.22 bits per heavy atom. The Kier molecular flexibility index (Phi) is 5.41. The van der Waals surface area contributed by atoms with E-state index in [0.717, 1.165) is 11.3 Å². The number of hydrogen-bond donors (Lipinski definition) is 3. The van der Waals surface area contributed by atoms with Gasteiger partial charge in [-0.1, -0.05) is 18.2 Å². The normalized spacial score (nSPS) is 10.1. The summed E-state index contributed by atoms with van der Waals surface area (Å²) in [6.07, 6.45) is 1.34. The van der Waals surface area contributed by atoms with Gasteiger partial charge < -0.3 is 16.0 Å². The molecule has 2 amide bonds. The summed E-state index contributed by atoms with van der Waals surface area (Å²) in [6.45, 7) is 3.43. The van der Waals surface area contributed by atoms with E-state index < -0.39 is 0 Å². The van der Waals surface area contributed by atoms with Crippen LogP contribution in [0.2, 0.25) is 0 Å². The molecule has 7 heteroatoms. The number of rotatable bonds is 5. The summed E-state index contributed by atoms with van der Waals surface area (Å²) in [4.78, 5) is 31.7. The molecular formula is C20H19N5O2. The van der Waals surface area contributed by atoms with Gasteiger partial charge >= 0.3 is 0 Å². The van der Waals surface area contributed by atoms with Crippen molar-refractivity contribution in [2.24, 2.45) is 0 Å². The van der Waals surface area contributed by atoms with Crippen molar-refractivity contribution in [3.8, 4) is 0 Å². The molecule has 27 heavy (non-hydrogen) atoms. The number of amides is 2. The molecule has 0 unspecified atom stereocenters. The van der Waals surface area contributed by atoms with E-state index in [1.807, 2.05) is 31.2 Å². The topological polar surface area (TPSA) is 96.0 Å². The lowest BCUT2D eigenvalue weighted by molar-refractivity contribution is -0.114. The van der Waals surface area contributed by atoms with E-state index in [0.29, 0.717) is 17.2 Å². The Morgan fingerprint density at radius 2 is 1.56 bits per heavy atom. The predicted molar refractivity (Wildman–Crippen MR) is 105 cm³/mol. The van der Waals surface area contributed by atoms with Crippen molar-refractivity contribution in [1.29, 1.82) is 0 Å². The lowest BCUT2D eigenvalue weighted by Crippen LogP contribution is -2.14. The molecule has 3 rings (SSSR count). The maximum Gasteiger partial charge on any atom is 0.274 e. The minimum absolute atomic E-state index is 0.151. The third kappa shape index (κ3) is 4.88. The number of para-hydroxylation sites is 1. The standard InChI is InChI=1S/C20H19N5O2/c1-13-5-3-4-6-17(13)25-19-11-18(21-12-22-19)20(27)24-16-9-7-15(8-10-16)23-14(2)26/h3-12H,1-2H3,(H,23,26)(H,24,27)(H,21,22,25). The van der Waals surface area contributed by atoms with Crippen molar-refractivity contribution in [2.75, 3.05) is 16.0 Å². The third-order valence-corrected chi connectivity index (χ3v) is 3.77. The molecule has 0 radical (unpaired) electrons. The van der Waals surface area contributed by atoms with Gasteiger partial charge in [-0.3, -0.25) is 9.59 Å². The molecule has 0 fully saturated rings.